The van der Waals surface area contributed by atoms with Crippen LogP contribution in [0.5, 0.6) is 0 Å². The Morgan fingerprint density at radius 2 is 0.612 bits per heavy atom. The van der Waals surface area contributed by atoms with Crippen LogP contribution in [0.4, 0.5) is 0 Å². The topological polar surface area (TPSA) is 6.48 Å². The van der Waals surface area contributed by atoms with Gasteiger partial charge in [-0.1, -0.05) is 243 Å². The highest BCUT2D eigenvalue weighted by Crippen LogP contribution is 2.23. The fourth-order valence-electron chi connectivity index (χ4n) is 7.93. The smallest absolute Gasteiger partial charge is 0.105 e. The third kappa shape index (κ3) is 25.2. The molecule has 0 radical (unpaired) electrons. The van der Waals surface area contributed by atoms with Gasteiger partial charge in [-0.2, -0.15) is 0 Å². The van der Waals surface area contributed by atoms with Gasteiger partial charge in [0.1, 0.15) is 6.17 Å². The standard InChI is InChI=1S/C47H86N2/c1-3-5-7-9-11-13-15-17-19-21-23-25-27-29-31-33-38-42-49-44-43-48(47(49)45-46-39-35-34-36-40-46)41-37-32-30-28-26-24-22-20-18-16-14-12-10-8-6-4-2/h34-36,39-40,43-44,47H,3-33,37-38,41-42,45H2,1-2H3. The van der Waals surface area contributed by atoms with E-state index in [9.17, 15) is 0 Å². The molecule has 284 valence electrons. The Bertz CT molecular complexity index is 819. The molecular weight excluding hydrogens is 593 g/mol. The normalized spacial score (nSPS) is 14.4. The lowest BCUT2D eigenvalue weighted by Crippen LogP contribution is -2.41. The van der Waals surface area contributed by atoms with Gasteiger partial charge in [-0.25, -0.2) is 0 Å². The Morgan fingerprint density at radius 3 is 0.898 bits per heavy atom. The van der Waals surface area contributed by atoms with Gasteiger partial charge >= 0.3 is 0 Å². The highest BCUT2D eigenvalue weighted by atomic mass is 15.4. The van der Waals surface area contributed by atoms with Crippen LogP contribution in [-0.2, 0) is 6.42 Å². The maximum absolute atomic E-state index is 2.66. The average Bonchev–Trinajstić information content (AvgIpc) is 3.50. The third-order valence-electron chi connectivity index (χ3n) is 11.3. The van der Waals surface area contributed by atoms with Gasteiger partial charge in [0.05, 0.1) is 0 Å². The molecule has 0 spiro atoms. The van der Waals surface area contributed by atoms with E-state index in [1.54, 1.807) is 0 Å². The van der Waals surface area contributed by atoms with Gasteiger partial charge in [-0.05, 0) is 18.4 Å². The monoisotopic (exact) mass is 679 g/mol. The summed E-state index contributed by atoms with van der Waals surface area (Å²) in [6.07, 6.45) is 54.0. The van der Waals surface area contributed by atoms with Crippen molar-refractivity contribution in [2.75, 3.05) is 13.1 Å². The minimum atomic E-state index is 0.500. The number of hydrogen-bond acceptors (Lipinski definition) is 2. The van der Waals surface area contributed by atoms with Crippen molar-refractivity contribution in [3.8, 4) is 0 Å². The zero-order valence-electron chi connectivity index (χ0n) is 33.5. The summed E-state index contributed by atoms with van der Waals surface area (Å²) in [4.78, 5) is 5.31. The SMILES string of the molecule is CCCCCCCCCCCCCCCCCCCN1C=CN(CCCCCCCCCCCCCCCCCC)C1Cc1ccccc1. The molecule has 2 heteroatoms. The molecule has 2 nitrogen and oxygen atoms in total. The summed E-state index contributed by atoms with van der Waals surface area (Å²) in [5, 5.41) is 0. The second-order valence-corrected chi connectivity index (χ2v) is 15.9. The molecule has 1 aliphatic rings. The Morgan fingerprint density at radius 1 is 0.347 bits per heavy atom. The molecular formula is C47H86N2. The van der Waals surface area contributed by atoms with E-state index in [1.807, 2.05) is 0 Å². The summed E-state index contributed by atoms with van der Waals surface area (Å²) in [6.45, 7) is 7.04. The van der Waals surface area contributed by atoms with Crippen molar-refractivity contribution in [1.29, 1.82) is 0 Å². The molecule has 1 atom stereocenters. The zero-order chi connectivity index (χ0) is 34.7. The van der Waals surface area contributed by atoms with Gasteiger partial charge < -0.3 is 9.80 Å². The molecule has 0 saturated heterocycles. The summed E-state index contributed by atoms with van der Waals surface area (Å²) < 4.78 is 0. The molecule has 0 fully saturated rings. The second kappa shape index (κ2) is 33.7. The Labute approximate surface area is 308 Å². The van der Waals surface area contributed by atoms with Gasteiger partial charge in [-0.15, -0.1) is 0 Å². The molecule has 1 unspecified atom stereocenters. The largest absolute Gasteiger partial charge is 0.356 e. The van der Waals surface area contributed by atoms with Crippen LogP contribution in [0.2, 0.25) is 0 Å². The minimum Gasteiger partial charge on any atom is -0.356 e. The summed E-state index contributed by atoms with van der Waals surface area (Å²) in [6, 6.07) is 11.2. The molecule has 0 N–H and O–H groups in total. The average molecular weight is 679 g/mol. The number of benzene rings is 1. The van der Waals surface area contributed by atoms with Crippen LogP contribution in [0.1, 0.15) is 231 Å². The lowest BCUT2D eigenvalue weighted by Gasteiger charge is -2.33. The summed E-state index contributed by atoms with van der Waals surface area (Å²) >= 11 is 0. The van der Waals surface area contributed by atoms with E-state index < -0.39 is 0 Å². The molecule has 1 aromatic rings. The van der Waals surface area contributed by atoms with E-state index in [-0.39, 0.29) is 0 Å². The first-order valence-corrected chi connectivity index (χ1v) is 22.6. The van der Waals surface area contributed by atoms with Crippen molar-refractivity contribution in [3.63, 3.8) is 0 Å². The van der Waals surface area contributed by atoms with Gasteiger partial charge in [0.2, 0.25) is 0 Å². The van der Waals surface area contributed by atoms with Crippen molar-refractivity contribution >= 4 is 0 Å². The molecule has 0 bridgehead atoms. The molecule has 2 rings (SSSR count). The quantitative estimate of drug-likeness (QED) is 0.0646. The molecule has 0 saturated carbocycles. The first-order chi connectivity index (χ1) is 24.3. The molecule has 1 heterocycles. The zero-order valence-corrected chi connectivity index (χ0v) is 33.5. The van der Waals surface area contributed by atoms with Crippen LogP contribution >= 0.6 is 0 Å². The molecule has 0 aliphatic carbocycles. The van der Waals surface area contributed by atoms with Crippen molar-refractivity contribution in [2.24, 2.45) is 0 Å². The highest BCUT2D eigenvalue weighted by Gasteiger charge is 2.25. The predicted molar refractivity (Wildman–Crippen MR) is 220 cm³/mol. The minimum absolute atomic E-state index is 0.500. The van der Waals surface area contributed by atoms with Gasteiger partial charge in [0, 0.05) is 31.9 Å². The van der Waals surface area contributed by atoms with Gasteiger partial charge in [-0.3, -0.25) is 0 Å². The van der Waals surface area contributed by atoms with Crippen molar-refractivity contribution in [2.45, 2.75) is 238 Å². The van der Waals surface area contributed by atoms with Crippen LogP contribution in [0.25, 0.3) is 0 Å². The maximum atomic E-state index is 2.66. The Balaban J connectivity index is 1.47. The summed E-state index contributed by atoms with van der Waals surface area (Å²) in [5.74, 6) is 0. The number of unbranched alkanes of at least 4 members (excludes halogenated alkanes) is 31. The fraction of sp³-hybridized carbons (Fsp3) is 0.830. The number of nitrogens with zero attached hydrogens (tertiary/aromatic N) is 2. The van der Waals surface area contributed by atoms with E-state index in [4.69, 9.17) is 0 Å². The van der Waals surface area contributed by atoms with E-state index in [1.165, 1.54) is 231 Å². The molecule has 1 aliphatic heterocycles. The van der Waals surface area contributed by atoms with Crippen LogP contribution in [0.15, 0.2) is 42.7 Å². The maximum Gasteiger partial charge on any atom is 0.105 e. The van der Waals surface area contributed by atoms with Gasteiger partial charge in [0.25, 0.3) is 0 Å². The second-order valence-electron chi connectivity index (χ2n) is 15.9. The van der Waals surface area contributed by atoms with E-state index in [0.29, 0.717) is 6.17 Å². The highest BCUT2D eigenvalue weighted by molar-refractivity contribution is 5.17. The molecule has 0 aromatic heterocycles. The Hall–Kier alpha value is -1.44. The van der Waals surface area contributed by atoms with Crippen LogP contribution < -0.4 is 0 Å². The number of hydrogen-bond donors (Lipinski definition) is 0. The van der Waals surface area contributed by atoms with E-state index in [2.05, 4.69) is 66.4 Å². The third-order valence-corrected chi connectivity index (χ3v) is 11.3. The lowest BCUT2D eigenvalue weighted by atomic mass is 10.0. The lowest BCUT2D eigenvalue weighted by molar-refractivity contribution is 0.148. The first kappa shape index (κ1) is 43.7. The van der Waals surface area contributed by atoms with Crippen LogP contribution in [0, 0.1) is 0 Å². The predicted octanol–water partition coefficient (Wildman–Crippen LogP) is 15.6. The van der Waals surface area contributed by atoms with Crippen molar-refractivity contribution in [1.82, 2.24) is 9.80 Å². The fourth-order valence-corrected chi connectivity index (χ4v) is 7.93. The van der Waals surface area contributed by atoms with Crippen molar-refractivity contribution in [3.05, 3.63) is 48.3 Å². The van der Waals surface area contributed by atoms with Crippen molar-refractivity contribution < 1.29 is 0 Å². The van der Waals surface area contributed by atoms with Crippen LogP contribution in [0.3, 0.4) is 0 Å². The Kier molecular flexibility index (Phi) is 30.1. The summed E-state index contributed by atoms with van der Waals surface area (Å²) in [7, 11) is 0. The first-order valence-electron chi connectivity index (χ1n) is 22.6. The van der Waals surface area contributed by atoms with Gasteiger partial charge in [0.15, 0.2) is 0 Å². The molecule has 49 heavy (non-hydrogen) atoms. The van der Waals surface area contributed by atoms with Crippen LogP contribution in [-0.4, -0.2) is 29.1 Å². The molecule has 0 amide bonds. The van der Waals surface area contributed by atoms with E-state index >= 15 is 0 Å². The summed E-state index contributed by atoms with van der Waals surface area (Å²) in [5.41, 5.74) is 1.47. The number of rotatable bonds is 37. The molecule has 1 aromatic carbocycles. The van der Waals surface area contributed by atoms with E-state index in [0.717, 1.165) is 6.42 Å².